The molecule has 0 rings (SSSR count). The van der Waals surface area contributed by atoms with Crippen LogP contribution >= 0.6 is 0 Å². The molecule has 0 aliphatic carbocycles. The van der Waals surface area contributed by atoms with E-state index >= 15 is 0 Å². The topological polar surface area (TPSA) is 43.4 Å². The number of allylic oxidation sites excluding steroid dienone is 7. The molecule has 0 aromatic heterocycles. The average Bonchev–Trinajstić information content (AvgIpc) is 2.15. The van der Waals surface area contributed by atoms with Gasteiger partial charge in [0.2, 0.25) is 0 Å². The van der Waals surface area contributed by atoms with Crippen molar-refractivity contribution in [1.29, 1.82) is 0 Å². The summed E-state index contributed by atoms with van der Waals surface area (Å²) in [5.74, 6) is -0.392. The summed E-state index contributed by atoms with van der Waals surface area (Å²) in [4.78, 5) is 0. The van der Waals surface area contributed by atoms with Gasteiger partial charge in [0.15, 0.2) is 0 Å². The zero-order chi connectivity index (χ0) is 14.4. The number of alkyl halides is 3. The highest BCUT2D eigenvalue weighted by Gasteiger charge is 2.48. The summed E-state index contributed by atoms with van der Waals surface area (Å²) in [6, 6.07) is 0. The van der Waals surface area contributed by atoms with E-state index in [4.69, 9.17) is 0 Å². The molecule has 0 amide bonds. The van der Waals surface area contributed by atoms with Gasteiger partial charge in [0.05, 0.1) is 0 Å². The Bertz CT molecular complexity index is 482. The smallest absolute Gasteiger partial charge is 0.381 e. The summed E-state index contributed by atoms with van der Waals surface area (Å²) in [7, 11) is -5.60. The van der Waals surface area contributed by atoms with E-state index in [0.717, 1.165) is 13.0 Å². The van der Waals surface area contributed by atoms with Gasteiger partial charge in [0, 0.05) is 0 Å². The van der Waals surface area contributed by atoms with Gasteiger partial charge >= 0.3 is 15.6 Å². The number of hydrogen-bond acceptors (Lipinski definition) is 3. The Kier molecular flexibility index (Phi) is 5.90. The van der Waals surface area contributed by atoms with Crippen molar-refractivity contribution < 1.29 is 25.8 Å². The maximum atomic E-state index is 12.0. The lowest BCUT2D eigenvalue weighted by atomic mass is 10.2. The van der Waals surface area contributed by atoms with Gasteiger partial charge in [0.25, 0.3) is 0 Å². The van der Waals surface area contributed by atoms with Crippen molar-refractivity contribution in [2.75, 3.05) is 0 Å². The molecule has 102 valence electrons. The fourth-order valence-corrected chi connectivity index (χ4v) is 1.32. The summed E-state index contributed by atoms with van der Waals surface area (Å²) < 4.78 is 61.0. The molecule has 3 nitrogen and oxygen atoms in total. The zero-order valence-electron chi connectivity index (χ0n) is 9.86. The average molecular weight is 282 g/mol. The van der Waals surface area contributed by atoms with E-state index in [1.807, 2.05) is 0 Å². The van der Waals surface area contributed by atoms with E-state index in [9.17, 15) is 21.6 Å². The quantitative estimate of drug-likeness (QED) is 0.336. The van der Waals surface area contributed by atoms with Crippen LogP contribution < -0.4 is 0 Å². The SMILES string of the molecule is C=C(/C=C\C)/C=C\C=C(/C)OS(=O)(=O)C(F)(F)F. The van der Waals surface area contributed by atoms with E-state index in [0.29, 0.717) is 5.57 Å². The maximum absolute atomic E-state index is 12.0. The molecule has 0 aliphatic rings. The number of hydrogen-bond donors (Lipinski definition) is 0. The monoisotopic (exact) mass is 282 g/mol. The van der Waals surface area contributed by atoms with Crippen LogP contribution in [0.3, 0.4) is 0 Å². The minimum Gasteiger partial charge on any atom is -0.381 e. The van der Waals surface area contributed by atoms with Crippen molar-refractivity contribution in [3.05, 3.63) is 48.3 Å². The van der Waals surface area contributed by atoms with Gasteiger partial charge in [-0.1, -0.05) is 30.9 Å². The van der Waals surface area contributed by atoms with Gasteiger partial charge in [-0.15, -0.1) is 0 Å². The molecule has 0 bridgehead atoms. The lowest BCUT2D eigenvalue weighted by Gasteiger charge is -2.08. The van der Waals surface area contributed by atoms with Gasteiger partial charge in [0.1, 0.15) is 5.76 Å². The molecule has 0 heterocycles. The second-order valence-electron chi connectivity index (χ2n) is 3.19. The van der Waals surface area contributed by atoms with Gasteiger partial charge in [-0.2, -0.15) is 21.6 Å². The minimum atomic E-state index is -5.60. The third-order valence-corrected chi connectivity index (χ3v) is 2.60. The van der Waals surface area contributed by atoms with Gasteiger partial charge in [-0.25, -0.2) is 0 Å². The predicted octanol–water partition coefficient (Wildman–Crippen LogP) is 3.44. The normalized spacial score (nSPS) is 14.4. The van der Waals surface area contributed by atoms with Gasteiger partial charge in [-0.3, -0.25) is 0 Å². The zero-order valence-corrected chi connectivity index (χ0v) is 10.7. The second-order valence-corrected chi connectivity index (χ2v) is 4.73. The first-order chi connectivity index (χ1) is 8.10. The van der Waals surface area contributed by atoms with Crippen LogP contribution in [0.1, 0.15) is 13.8 Å². The van der Waals surface area contributed by atoms with Crippen molar-refractivity contribution in [3.63, 3.8) is 0 Å². The molecular formula is C11H13F3O3S. The number of halogens is 3. The second kappa shape index (κ2) is 6.44. The van der Waals surface area contributed by atoms with Gasteiger partial charge < -0.3 is 4.18 Å². The minimum absolute atomic E-state index is 0.392. The van der Waals surface area contributed by atoms with Crippen LogP contribution in [0.25, 0.3) is 0 Å². The lowest BCUT2D eigenvalue weighted by molar-refractivity contribution is -0.0521. The molecule has 7 heteroatoms. The molecule has 0 aromatic rings. The van der Waals surface area contributed by atoms with E-state index in [2.05, 4.69) is 10.8 Å². The van der Waals surface area contributed by atoms with Gasteiger partial charge in [-0.05, 0) is 25.5 Å². The molecule has 0 spiro atoms. The Balaban J connectivity index is 4.71. The van der Waals surface area contributed by atoms with E-state index < -0.39 is 21.4 Å². The van der Waals surface area contributed by atoms with Crippen LogP contribution in [0.15, 0.2) is 48.3 Å². The highest BCUT2D eigenvalue weighted by Crippen LogP contribution is 2.26. The first kappa shape index (κ1) is 16.5. The fourth-order valence-electron chi connectivity index (χ4n) is 0.825. The standard InChI is InChI=1S/C11H13F3O3S/c1-4-6-9(2)7-5-8-10(3)17-18(15,16)11(12,13)14/h4-8H,2H2,1,3H3/b6-4-,7-5-,10-8+. The van der Waals surface area contributed by atoms with Crippen molar-refractivity contribution >= 4 is 10.1 Å². The molecule has 0 saturated carbocycles. The summed E-state index contributed by atoms with van der Waals surface area (Å²) >= 11 is 0. The summed E-state index contributed by atoms with van der Waals surface area (Å²) in [6.07, 6.45) is 7.33. The largest absolute Gasteiger partial charge is 0.534 e. The highest BCUT2D eigenvalue weighted by atomic mass is 32.2. The molecule has 0 N–H and O–H groups in total. The molecule has 0 aromatic carbocycles. The maximum Gasteiger partial charge on any atom is 0.534 e. The predicted molar refractivity (Wildman–Crippen MR) is 62.9 cm³/mol. The first-order valence-electron chi connectivity index (χ1n) is 4.77. The number of rotatable bonds is 5. The molecule has 18 heavy (non-hydrogen) atoms. The Morgan fingerprint density at radius 2 is 1.83 bits per heavy atom. The van der Waals surface area contributed by atoms with E-state index in [1.54, 1.807) is 19.1 Å². The first-order valence-corrected chi connectivity index (χ1v) is 6.18. The molecular weight excluding hydrogens is 269 g/mol. The lowest BCUT2D eigenvalue weighted by Crippen LogP contribution is -2.24. The molecule has 0 radical (unpaired) electrons. The van der Waals surface area contributed by atoms with E-state index in [-0.39, 0.29) is 0 Å². The molecule has 0 unspecified atom stereocenters. The van der Waals surface area contributed by atoms with Crippen LogP contribution in [-0.4, -0.2) is 13.9 Å². The van der Waals surface area contributed by atoms with Crippen LogP contribution in [0.4, 0.5) is 13.2 Å². The fraction of sp³-hybridized carbons (Fsp3) is 0.273. The van der Waals surface area contributed by atoms with Crippen molar-refractivity contribution in [2.45, 2.75) is 19.4 Å². The summed E-state index contributed by atoms with van der Waals surface area (Å²) in [5, 5.41) is 0. The van der Waals surface area contributed by atoms with Crippen LogP contribution in [-0.2, 0) is 14.3 Å². The Morgan fingerprint density at radius 3 is 2.28 bits per heavy atom. The third kappa shape index (κ3) is 5.72. The molecule has 0 aliphatic heterocycles. The van der Waals surface area contributed by atoms with Crippen molar-refractivity contribution in [1.82, 2.24) is 0 Å². The third-order valence-electron chi connectivity index (χ3n) is 1.55. The molecule has 0 fully saturated rings. The van der Waals surface area contributed by atoms with Crippen LogP contribution in [0.2, 0.25) is 0 Å². The van der Waals surface area contributed by atoms with Crippen LogP contribution in [0.5, 0.6) is 0 Å². The summed E-state index contributed by atoms with van der Waals surface area (Å²) in [6.45, 7) is 6.49. The molecule has 0 atom stereocenters. The van der Waals surface area contributed by atoms with E-state index in [1.165, 1.54) is 12.2 Å². The summed E-state index contributed by atoms with van der Waals surface area (Å²) in [5.41, 5.74) is -4.82. The highest BCUT2D eigenvalue weighted by molar-refractivity contribution is 7.87. The molecule has 0 saturated heterocycles. The van der Waals surface area contributed by atoms with Crippen LogP contribution in [0, 0.1) is 0 Å². The van der Waals surface area contributed by atoms with Crippen molar-refractivity contribution in [3.8, 4) is 0 Å². The Hall–Kier alpha value is -1.50. The Labute approximate surface area is 104 Å². The van der Waals surface area contributed by atoms with Crippen molar-refractivity contribution in [2.24, 2.45) is 0 Å². The Morgan fingerprint density at radius 1 is 1.28 bits per heavy atom.